The second-order valence-electron chi connectivity index (χ2n) is 3.70. The highest BCUT2D eigenvalue weighted by Crippen LogP contribution is 2.43. The van der Waals surface area contributed by atoms with Crippen LogP contribution in [-0.4, -0.2) is 6.18 Å². The minimum absolute atomic E-state index is 0.143. The van der Waals surface area contributed by atoms with Crippen molar-refractivity contribution in [1.82, 2.24) is 5.32 Å². The smallest absolute Gasteiger partial charge is 0.257 e. The van der Waals surface area contributed by atoms with Crippen LogP contribution in [0, 0.1) is 0 Å². The molecular weight excluding hydrogens is 191 g/mol. The van der Waals surface area contributed by atoms with Gasteiger partial charge >= 0.3 is 6.18 Å². The predicted molar refractivity (Wildman–Crippen MR) is 46.4 cm³/mol. The fourth-order valence-electron chi connectivity index (χ4n) is 2.13. The Labute approximate surface area is 80.7 Å². The van der Waals surface area contributed by atoms with Crippen LogP contribution in [0.1, 0.15) is 32.6 Å². The van der Waals surface area contributed by atoms with E-state index >= 15 is 0 Å². The summed E-state index contributed by atoms with van der Waals surface area (Å²) in [6.45, 7) is 1.45. The van der Waals surface area contributed by atoms with E-state index in [1.807, 2.05) is 0 Å². The molecule has 1 heterocycles. The Hall–Kier alpha value is -0.930. The van der Waals surface area contributed by atoms with Crippen molar-refractivity contribution in [1.29, 1.82) is 0 Å². The largest absolute Gasteiger partial charge is 0.418 e. The van der Waals surface area contributed by atoms with Crippen molar-refractivity contribution >= 4 is 0 Å². The zero-order valence-electron chi connectivity index (χ0n) is 7.91. The van der Waals surface area contributed by atoms with Gasteiger partial charge in [-0.1, -0.05) is 0 Å². The molecule has 0 spiro atoms. The van der Waals surface area contributed by atoms with Crippen LogP contribution < -0.4 is 5.32 Å². The van der Waals surface area contributed by atoms with E-state index in [1.54, 1.807) is 0 Å². The van der Waals surface area contributed by atoms with Gasteiger partial charge in [0.2, 0.25) is 0 Å². The molecule has 0 aromatic carbocycles. The quantitative estimate of drug-likeness (QED) is 0.572. The predicted octanol–water partition coefficient (Wildman–Crippen LogP) is 3.27. The molecule has 0 saturated carbocycles. The minimum Gasteiger partial charge on any atom is -0.257 e. The lowest BCUT2D eigenvalue weighted by atomic mass is 9.92. The number of nitrogens with zero attached hydrogens (tertiary/aromatic N) is 1. The van der Waals surface area contributed by atoms with Crippen LogP contribution in [0.15, 0.2) is 22.5 Å². The first-order chi connectivity index (χ1) is 6.50. The van der Waals surface area contributed by atoms with E-state index < -0.39 is 11.7 Å². The molecule has 2 rings (SSSR count). The average Bonchev–Trinajstić information content (AvgIpc) is 2.38. The minimum atomic E-state index is -4.23. The molecule has 0 unspecified atom stereocenters. The molecule has 1 radical (unpaired) electrons. The van der Waals surface area contributed by atoms with Crippen molar-refractivity contribution in [3.63, 3.8) is 0 Å². The van der Waals surface area contributed by atoms with Crippen LogP contribution in [0.4, 0.5) is 13.2 Å². The lowest BCUT2D eigenvalue weighted by molar-refractivity contribution is -0.0901. The average molecular weight is 202 g/mol. The Bertz CT molecular complexity index is 323. The van der Waals surface area contributed by atoms with Gasteiger partial charge in [0.15, 0.2) is 0 Å². The lowest BCUT2D eigenvalue weighted by Crippen LogP contribution is -2.15. The number of rotatable bonds is 0. The Morgan fingerprint density at radius 2 is 1.79 bits per heavy atom. The summed E-state index contributed by atoms with van der Waals surface area (Å²) >= 11 is 0. The fourth-order valence-corrected chi connectivity index (χ4v) is 2.13. The Kier molecular flexibility index (Phi) is 2.09. The molecule has 1 aliphatic heterocycles. The third-order valence-corrected chi connectivity index (χ3v) is 2.69. The molecule has 1 nitrogen and oxygen atoms in total. The van der Waals surface area contributed by atoms with Gasteiger partial charge in [-0.25, -0.2) is 0 Å². The van der Waals surface area contributed by atoms with E-state index in [4.69, 9.17) is 0 Å². The molecule has 0 aromatic rings. The first kappa shape index (κ1) is 9.62. The summed E-state index contributed by atoms with van der Waals surface area (Å²) in [6.07, 6.45) is -1.19. The summed E-state index contributed by atoms with van der Waals surface area (Å²) in [5.74, 6) is 0. The third kappa shape index (κ3) is 1.42. The molecule has 77 valence electrons. The molecule has 0 atom stereocenters. The van der Waals surface area contributed by atoms with Crippen molar-refractivity contribution in [3.8, 4) is 0 Å². The standard InChI is InChI=1S/C10H11F3N/c1-6-9(10(11,12)13)7-4-2-3-5-8(7)14-6/h2-5H2,1H3. The van der Waals surface area contributed by atoms with E-state index in [-0.39, 0.29) is 5.70 Å². The SMILES string of the molecule is CC1=C(C(F)(F)F)C2=C(CCCC2)[N]1. The number of alkyl halides is 3. The summed E-state index contributed by atoms with van der Waals surface area (Å²) in [5.41, 5.74) is 0.777. The monoisotopic (exact) mass is 202 g/mol. The van der Waals surface area contributed by atoms with Gasteiger partial charge in [0, 0.05) is 5.70 Å². The first-order valence-electron chi connectivity index (χ1n) is 4.72. The fraction of sp³-hybridized carbons (Fsp3) is 0.600. The maximum absolute atomic E-state index is 12.6. The maximum atomic E-state index is 12.6. The summed E-state index contributed by atoms with van der Waals surface area (Å²) < 4.78 is 37.9. The highest BCUT2D eigenvalue weighted by Gasteiger charge is 2.42. The summed E-state index contributed by atoms with van der Waals surface area (Å²) in [4.78, 5) is 0. The molecule has 4 heteroatoms. The van der Waals surface area contributed by atoms with Crippen LogP contribution in [-0.2, 0) is 0 Å². The number of halogens is 3. The molecule has 0 fully saturated rings. The highest BCUT2D eigenvalue weighted by atomic mass is 19.4. The van der Waals surface area contributed by atoms with Gasteiger partial charge in [-0.15, -0.1) is 0 Å². The van der Waals surface area contributed by atoms with Crippen LogP contribution in [0.5, 0.6) is 0 Å². The van der Waals surface area contributed by atoms with Crippen molar-refractivity contribution < 1.29 is 13.2 Å². The van der Waals surface area contributed by atoms with Gasteiger partial charge in [0.25, 0.3) is 0 Å². The van der Waals surface area contributed by atoms with Gasteiger partial charge in [-0.05, 0) is 38.2 Å². The van der Waals surface area contributed by atoms with Crippen molar-refractivity contribution in [2.75, 3.05) is 0 Å². The van der Waals surface area contributed by atoms with Gasteiger partial charge < -0.3 is 0 Å². The van der Waals surface area contributed by atoms with E-state index in [0.717, 1.165) is 12.8 Å². The second-order valence-corrected chi connectivity index (χ2v) is 3.70. The van der Waals surface area contributed by atoms with Crippen LogP contribution in [0.25, 0.3) is 0 Å². The molecule has 0 N–H and O–H groups in total. The van der Waals surface area contributed by atoms with Gasteiger partial charge in [0.1, 0.15) is 0 Å². The zero-order chi connectivity index (χ0) is 10.3. The normalized spacial score (nSPS) is 22.6. The summed E-state index contributed by atoms with van der Waals surface area (Å²) in [7, 11) is 0. The molecule has 0 bridgehead atoms. The Morgan fingerprint density at radius 3 is 2.43 bits per heavy atom. The maximum Gasteiger partial charge on any atom is 0.418 e. The first-order valence-corrected chi connectivity index (χ1v) is 4.72. The molecule has 2 aliphatic rings. The summed E-state index contributed by atoms with van der Waals surface area (Å²) in [5, 5.41) is 4.00. The van der Waals surface area contributed by atoms with E-state index in [2.05, 4.69) is 5.32 Å². The van der Waals surface area contributed by atoms with Crippen molar-refractivity contribution in [2.45, 2.75) is 38.8 Å². The van der Waals surface area contributed by atoms with E-state index in [0.29, 0.717) is 24.1 Å². The van der Waals surface area contributed by atoms with E-state index in [1.165, 1.54) is 6.92 Å². The highest BCUT2D eigenvalue weighted by molar-refractivity contribution is 5.47. The van der Waals surface area contributed by atoms with Crippen LogP contribution >= 0.6 is 0 Å². The summed E-state index contributed by atoms with van der Waals surface area (Å²) in [6, 6.07) is 0. The molecule has 0 aromatic heterocycles. The van der Waals surface area contributed by atoms with Gasteiger partial charge in [-0.3, -0.25) is 5.32 Å². The number of hydrogen-bond donors (Lipinski definition) is 0. The molecule has 1 aliphatic carbocycles. The topological polar surface area (TPSA) is 14.1 Å². The Morgan fingerprint density at radius 1 is 1.14 bits per heavy atom. The lowest BCUT2D eigenvalue weighted by Gasteiger charge is -2.16. The van der Waals surface area contributed by atoms with E-state index in [9.17, 15) is 13.2 Å². The number of allylic oxidation sites excluding steroid dienone is 4. The molecular formula is C10H11F3N. The van der Waals surface area contributed by atoms with Crippen molar-refractivity contribution in [3.05, 3.63) is 22.5 Å². The molecule has 0 saturated heterocycles. The molecule has 0 amide bonds. The van der Waals surface area contributed by atoms with Crippen LogP contribution in [0.3, 0.4) is 0 Å². The van der Waals surface area contributed by atoms with Gasteiger partial charge in [-0.2, -0.15) is 13.2 Å². The van der Waals surface area contributed by atoms with Gasteiger partial charge in [0.05, 0.1) is 11.3 Å². The Balaban J connectivity index is 2.38. The third-order valence-electron chi connectivity index (χ3n) is 2.69. The molecule has 14 heavy (non-hydrogen) atoms. The number of hydrogen-bond acceptors (Lipinski definition) is 0. The zero-order valence-corrected chi connectivity index (χ0v) is 7.91. The second kappa shape index (κ2) is 3.04. The van der Waals surface area contributed by atoms with Crippen molar-refractivity contribution in [2.24, 2.45) is 0 Å². The van der Waals surface area contributed by atoms with Crippen LogP contribution in [0.2, 0.25) is 0 Å².